The highest BCUT2D eigenvalue weighted by Gasteiger charge is 2.22. The minimum atomic E-state index is -0.443. The Labute approximate surface area is 110 Å². The predicted octanol–water partition coefficient (Wildman–Crippen LogP) is 2.20. The third-order valence-electron chi connectivity index (χ3n) is 2.99. The third kappa shape index (κ3) is 4.15. The Balaban J connectivity index is 2.65. The average Bonchev–Trinajstić information content (AvgIpc) is 2.36. The molecule has 0 spiro atoms. The van der Waals surface area contributed by atoms with Gasteiger partial charge < -0.3 is 10.6 Å². The molecule has 0 fully saturated rings. The molecule has 0 aromatic heterocycles. The van der Waals surface area contributed by atoms with Crippen molar-refractivity contribution in [2.45, 2.75) is 45.7 Å². The first-order chi connectivity index (χ1) is 8.56. The normalized spacial score (nSPS) is 12.5. The number of nitrogens with two attached hydrogens (primary N) is 1. The molecule has 2 N–H and O–H groups in total. The highest BCUT2D eigenvalue weighted by molar-refractivity contribution is 5.82. The minimum absolute atomic E-state index is 0.0516. The Morgan fingerprint density at radius 1 is 1.28 bits per heavy atom. The van der Waals surface area contributed by atoms with Crippen LogP contribution in [0, 0.1) is 0 Å². The number of carbonyl (C=O) groups excluding carboxylic acids is 1. The van der Waals surface area contributed by atoms with E-state index in [2.05, 4.69) is 6.92 Å². The van der Waals surface area contributed by atoms with Gasteiger partial charge in [0.05, 0.1) is 6.04 Å². The van der Waals surface area contributed by atoms with Crippen molar-refractivity contribution in [1.29, 1.82) is 0 Å². The van der Waals surface area contributed by atoms with Gasteiger partial charge in [-0.2, -0.15) is 0 Å². The molecular weight excluding hydrogens is 224 g/mol. The molecule has 0 aliphatic heterocycles. The van der Waals surface area contributed by atoms with Crippen molar-refractivity contribution < 1.29 is 4.79 Å². The van der Waals surface area contributed by atoms with Gasteiger partial charge in [-0.05, 0) is 32.3 Å². The third-order valence-corrected chi connectivity index (χ3v) is 2.99. The summed E-state index contributed by atoms with van der Waals surface area (Å²) in [6, 6.07) is 9.69. The molecule has 0 bridgehead atoms. The highest BCUT2D eigenvalue weighted by Crippen LogP contribution is 2.07. The van der Waals surface area contributed by atoms with Crippen LogP contribution in [0.15, 0.2) is 30.3 Å². The van der Waals surface area contributed by atoms with Crippen LogP contribution in [0.5, 0.6) is 0 Å². The van der Waals surface area contributed by atoms with Gasteiger partial charge in [0, 0.05) is 12.6 Å². The maximum absolute atomic E-state index is 12.3. The summed E-state index contributed by atoms with van der Waals surface area (Å²) in [4.78, 5) is 14.1. The largest absolute Gasteiger partial charge is 0.339 e. The van der Waals surface area contributed by atoms with Gasteiger partial charge in [-0.25, -0.2) is 0 Å². The Hall–Kier alpha value is -1.35. The van der Waals surface area contributed by atoms with Crippen LogP contribution >= 0.6 is 0 Å². The zero-order valence-corrected chi connectivity index (χ0v) is 11.6. The summed E-state index contributed by atoms with van der Waals surface area (Å²) >= 11 is 0. The van der Waals surface area contributed by atoms with Gasteiger partial charge in [-0.1, -0.05) is 37.3 Å². The van der Waals surface area contributed by atoms with Gasteiger partial charge in [0.2, 0.25) is 5.91 Å². The lowest BCUT2D eigenvalue weighted by Gasteiger charge is -2.29. The van der Waals surface area contributed by atoms with Crippen LogP contribution in [0.3, 0.4) is 0 Å². The standard InChI is InChI=1S/C15H24N2O/c1-4-10-17(12(2)3)15(18)14(16)11-13-8-6-5-7-9-13/h5-9,12,14H,4,10-11,16H2,1-3H3/t14-/m0/s1. The molecule has 18 heavy (non-hydrogen) atoms. The van der Waals surface area contributed by atoms with E-state index >= 15 is 0 Å². The Morgan fingerprint density at radius 2 is 1.89 bits per heavy atom. The SMILES string of the molecule is CCCN(C(=O)[C@@H](N)Cc1ccccc1)C(C)C. The molecule has 3 heteroatoms. The van der Waals surface area contributed by atoms with Gasteiger partial charge in [0.1, 0.15) is 0 Å². The van der Waals surface area contributed by atoms with Crippen molar-refractivity contribution in [2.24, 2.45) is 5.73 Å². The fourth-order valence-electron chi connectivity index (χ4n) is 2.03. The van der Waals surface area contributed by atoms with Gasteiger partial charge in [-0.15, -0.1) is 0 Å². The number of carbonyl (C=O) groups is 1. The van der Waals surface area contributed by atoms with Crippen molar-refractivity contribution in [1.82, 2.24) is 4.90 Å². The van der Waals surface area contributed by atoms with Gasteiger partial charge >= 0.3 is 0 Å². The summed E-state index contributed by atoms with van der Waals surface area (Å²) in [5.41, 5.74) is 7.14. The first kappa shape index (κ1) is 14.7. The summed E-state index contributed by atoms with van der Waals surface area (Å²) in [6.07, 6.45) is 1.56. The molecule has 0 unspecified atom stereocenters. The topological polar surface area (TPSA) is 46.3 Å². The second-order valence-electron chi connectivity index (χ2n) is 4.92. The number of benzene rings is 1. The lowest BCUT2D eigenvalue weighted by Crippen LogP contribution is -2.48. The molecule has 0 saturated carbocycles. The van der Waals surface area contributed by atoms with Crippen LogP contribution in [-0.2, 0) is 11.2 Å². The zero-order chi connectivity index (χ0) is 13.5. The van der Waals surface area contributed by atoms with Crippen molar-refractivity contribution in [3.05, 3.63) is 35.9 Å². The second kappa shape index (κ2) is 7.17. The summed E-state index contributed by atoms with van der Waals surface area (Å²) in [5, 5.41) is 0. The number of hydrogen-bond acceptors (Lipinski definition) is 2. The monoisotopic (exact) mass is 248 g/mol. The van der Waals surface area contributed by atoms with E-state index in [1.54, 1.807) is 0 Å². The number of rotatable bonds is 6. The molecule has 1 atom stereocenters. The van der Waals surface area contributed by atoms with Gasteiger partial charge in [0.25, 0.3) is 0 Å². The first-order valence-corrected chi connectivity index (χ1v) is 6.66. The fraction of sp³-hybridized carbons (Fsp3) is 0.533. The van der Waals surface area contributed by atoms with Crippen LogP contribution < -0.4 is 5.73 Å². The zero-order valence-electron chi connectivity index (χ0n) is 11.6. The van der Waals surface area contributed by atoms with Crippen molar-refractivity contribution in [3.63, 3.8) is 0 Å². The maximum Gasteiger partial charge on any atom is 0.240 e. The first-order valence-electron chi connectivity index (χ1n) is 6.66. The molecule has 0 heterocycles. The van der Waals surface area contributed by atoms with E-state index in [1.807, 2.05) is 49.1 Å². The summed E-state index contributed by atoms with van der Waals surface area (Å²) in [5.74, 6) is 0.0516. The van der Waals surface area contributed by atoms with E-state index < -0.39 is 6.04 Å². The van der Waals surface area contributed by atoms with Crippen molar-refractivity contribution in [3.8, 4) is 0 Å². The van der Waals surface area contributed by atoms with Crippen LogP contribution in [0.2, 0.25) is 0 Å². The van der Waals surface area contributed by atoms with E-state index in [-0.39, 0.29) is 11.9 Å². The number of amides is 1. The quantitative estimate of drug-likeness (QED) is 0.839. The molecule has 0 saturated heterocycles. The summed E-state index contributed by atoms with van der Waals surface area (Å²) in [7, 11) is 0. The minimum Gasteiger partial charge on any atom is -0.339 e. The molecular formula is C15H24N2O. The summed E-state index contributed by atoms with van der Waals surface area (Å²) in [6.45, 7) is 6.91. The number of nitrogens with zero attached hydrogens (tertiary/aromatic N) is 1. The Kier molecular flexibility index (Phi) is 5.86. The van der Waals surface area contributed by atoms with E-state index in [9.17, 15) is 4.79 Å². The molecule has 0 radical (unpaired) electrons. The van der Waals surface area contributed by atoms with Gasteiger partial charge in [0.15, 0.2) is 0 Å². The second-order valence-corrected chi connectivity index (χ2v) is 4.92. The number of hydrogen-bond donors (Lipinski definition) is 1. The molecule has 100 valence electrons. The molecule has 1 amide bonds. The van der Waals surface area contributed by atoms with E-state index in [0.29, 0.717) is 6.42 Å². The smallest absolute Gasteiger partial charge is 0.240 e. The predicted molar refractivity (Wildman–Crippen MR) is 75.3 cm³/mol. The maximum atomic E-state index is 12.3. The molecule has 1 aromatic rings. The van der Waals surface area contributed by atoms with Crippen LogP contribution in [0.1, 0.15) is 32.8 Å². The van der Waals surface area contributed by atoms with E-state index in [1.165, 1.54) is 0 Å². The van der Waals surface area contributed by atoms with Crippen LogP contribution in [0.4, 0.5) is 0 Å². The molecule has 0 aliphatic rings. The molecule has 1 aromatic carbocycles. The van der Waals surface area contributed by atoms with Gasteiger partial charge in [-0.3, -0.25) is 4.79 Å². The lowest BCUT2D eigenvalue weighted by molar-refractivity contribution is -0.134. The molecule has 0 aliphatic carbocycles. The van der Waals surface area contributed by atoms with Crippen molar-refractivity contribution >= 4 is 5.91 Å². The fourth-order valence-corrected chi connectivity index (χ4v) is 2.03. The summed E-state index contributed by atoms with van der Waals surface area (Å²) < 4.78 is 0. The van der Waals surface area contributed by atoms with Crippen LogP contribution in [-0.4, -0.2) is 29.4 Å². The van der Waals surface area contributed by atoms with Crippen molar-refractivity contribution in [2.75, 3.05) is 6.54 Å². The molecule has 1 rings (SSSR count). The Morgan fingerprint density at radius 3 is 2.39 bits per heavy atom. The average molecular weight is 248 g/mol. The van der Waals surface area contributed by atoms with Crippen LogP contribution in [0.25, 0.3) is 0 Å². The van der Waals surface area contributed by atoms with E-state index in [0.717, 1.165) is 18.5 Å². The van der Waals surface area contributed by atoms with E-state index in [4.69, 9.17) is 5.73 Å². The lowest BCUT2D eigenvalue weighted by atomic mass is 10.0. The Bertz CT molecular complexity index is 362. The highest BCUT2D eigenvalue weighted by atomic mass is 16.2. The molecule has 3 nitrogen and oxygen atoms in total.